The molecular formula is C14H22O. The minimum absolute atomic E-state index is 0.604. The average molecular weight is 206 g/mol. The Labute approximate surface area is 93.5 Å². The summed E-state index contributed by atoms with van der Waals surface area (Å²) < 4.78 is 5.57. The molecule has 0 aliphatic rings. The lowest BCUT2D eigenvalue weighted by Crippen LogP contribution is -2.01. The van der Waals surface area contributed by atoms with Crippen LogP contribution in [0.3, 0.4) is 0 Å². The van der Waals surface area contributed by atoms with E-state index in [2.05, 4.69) is 44.2 Å². The summed E-state index contributed by atoms with van der Waals surface area (Å²) in [7, 11) is 0. The lowest BCUT2D eigenvalue weighted by Gasteiger charge is -2.11. The number of hydrogen-bond donors (Lipinski definition) is 0. The second-order valence-corrected chi connectivity index (χ2v) is 4.07. The number of unbranched alkanes of at least 4 members (excludes halogenated alkanes) is 1. The monoisotopic (exact) mass is 206 g/mol. The van der Waals surface area contributed by atoms with Gasteiger partial charge in [0.2, 0.25) is 0 Å². The van der Waals surface area contributed by atoms with Crippen molar-refractivity contribution in [2.75, 3.05) is 13.2 Å². The highest BCUT2D eigenvalue weighted by Gasteiger charge is 2.03. The van der Waals surface area contributed by atoms with Gasteiger partial charge in [-0.15, -0.1) is 0 Å². The van der Waals surface area contributed by atoms with Crippen LogP contribution < -0.4 is 0 Å². The molecule has 1 aromatic carbocycles. The van der Waals surface area contributed by atoms with E-state index in [-0.39, 0.29) is 0 Å². The molecule has 0 spiro atoms. The molecule has 1 rings (SSSR count). The molecule has 0 amide bonds. The first-order chi connectivity index (χ1) is 7.34. The van der Waals surface area contributed by atoms with Crippen LogP contribution >= 0.6 is 0 Å². The maximum atomic E-state index is 5.57. The van der Waals surface area contributed by atoms with Crippen molar-refractivity contribution in [1.82, 2.24) is 0 Å². The van der Waals surface area contributed by atoms with Crippen LogP contribution in [0.4, 0.5) is 0 Å². The number of ether oxygens (including phenoxy) is 1. The molecule has 0 aromatic heterocycles. The van der Waals surface area contributed by atoms with E-state index < -0.39 is 0 Å². The van der Waals surface area contributed by atoms with E-state index in [9.17, 15) is 0 Å². The molecule has 1 aromatic rings. The smallest absolute Gasteiger partial charge is 0.0471 e. The molecule has 0 fully saturated rings. The highest BCUT2D eigenvalue weighted by atomic mass is 16.5. The summed E-state index contributed by atoms with van der Waals surface area (Å²) in [5.41, 5.74) is 1.41. The SMILES string of the molecule is CCCCOCCC(C)c1ccccc1. The van der Waals surface area contributed by atoms with Crippen molar-refractivity contribution in [3.8, 4) is 0 Å². The molecule has 0 saturated heterocycles. The molecule has 1 nitrogen and oxygen atoms in total. The van der Waals surface area contributed by atoms with E-state index >= 15 is 0 Å². The van der Waals surface area contributed by atoms with Crippen LogP contribution in [0.1, 0.15) is 44.6 Å². The van der Waals surface area contributed by atoms with Gasteiger partial charge in [0, 0.05) is 13.2 Å². The normalized spacial score (nSPS) is 12.7. The summed E-state index contributed by atoms with van der Waals surface area (Å²) in [4.78, 5) is 0. The molecule has 0 radical (unpaired) electrons. The lowest BCUT2D eigenvalue weighted by atomic mass is 9.98. The van der Waals surface area contributed by atoms with Crippen molar-refractivity contribution in [2.24, 2.45) is 0 Å². The molecule has 84 valence electrons. The predicted octanol–water partition coefficient (Wildman–Crippen LogP) is 4.00. The second-order valence-electron chi connectivity index (χ2n) is 4.07. The summed E-state index contributed by atoms with van der Waals surface area (Å²) >= 11 is 0. The van der Waals surface area contributed by atoms with E-state index in [1.165, 1.54) is 18.4 Å². The van der Waals surface area contributed by atoms with Gasteiger partial charge in [0.15, 0.2) is 0 Å². The molecule has 1 heteroatoms. The van der Waals surface area contributed by atoms with Crippen molar-refractivity contribution < 1.29 is 4.74 Å². The van der Waals surface area contributed by atoms with E-state index in [1.54, 1.807) is 0 Å². The zero-order valence-electron chi connectivity index (χ0n) is 9.91. The van der Waals surface area contributed by atoms with Crippen molar-refractivity contribution >= 4 is 0 Å². The average Bonchev–Trinajstić information content (AvgIpc) is 2.30. The molecule has 0 aliphatic carbocycles. The fourth-order valence-corrected chi connectivity index (χ4v) is 1.56. The molecule has 0 saturated carbocycles. The van der Waals surface area contributed by atoms with E-state index in [4.69, 9.17) is 4.74 Å². The molecule has 0 bridgehead atoms. The molecule has 0 N–H and O–H groups in total. The van der Waals surface area contributed by atoms with Gasteiger partial charge in [-0.2, -0.15) is 0 Å². The molecule has 1 unspecified atom stereocenters. The summed E-state index contributed by atoms with van der Waals surface area (Å²) in [6, 6.07) is 10.6. The quantitative estimate of drug-likeness (QED) is 0.613. The zero-order chi connectivity index (χ0) is 10.9. The van der Waals surface area contributed by atoms with Crippen LogP contribution in [0, 0.1) is 0 Å². The minimum Gasteiger partial charge on any atom is -0.381 e. The minimum atomic E-state index is 0.604. The van der Waals surface area contributed by atoms with E-state index in [0.717, 1.165) is 19.6 Å². The van der Waals surface area contributed by atoms with Gasteiger partial charge in [-0.05, 0) is 24.3 Å². The van der Waals surface area contributed by atoms with Gasteiger partial charge >= 0.3 is 0 Å². The van der Waals surface area contributed by atoms with Crippen molar-refractivity contribution in [1.29, 1.82) is 0 Å². The Kier molecular flexibility index (Phi) is 6.10. The first kappa shape index (κ1) is 12.3. The maximum Gasteiger partial charge on any atom is 0.0471 e. The van der Waals surface area contributed by atoms with Gasteiger partial charge in [0.1, 0.15) is 0 Å². The number of hydrogen-bond acceptors (Lipinski definition) is 1. The summed E-state index contributed by atoms with van der Waals surface area (Å²) in [6.07, 6.45) is 3.52. The third-order valence-electron chi connectivity index (χ3n) is 2.71. The Bertz CT molecular complexity index is 243. The molecular weight excluding hydrogens is 184 g/mol. The van der Waals surface area contributed by atoms with Crippen LogP contribution in [0.2, 0.25) is 0 Å². The first-order valence-electron chi connectivity index (χ1n) is 5.97. The van der Waals surface area contributed by atoms with E-state index in [1.807, 2.05) is 0 Å². The molecule has 0 heterocycles. The van der Waals surface area contributed by atoms with E-state index in [0.29, 0.717) is 5.92 Å². The van der Waals surface area contributed by atoms with Gasteiger partial charge in [-0.3, -0.25) is 0 Å². The Morgan fingerprint density at radius 2 is 1.87 bits per heavy atom. The van der Waals surface area contributed by atoms with Crippen LogP contribution in [-0.4, -0.2) is 13.2 Å². The molecule has 1 atom stereocenters. The summed E-state index contributed by atoms with van der Waals surface area (Å²) in [5.74, 6) is 0.604. The van der Waals surface area contributed by atoms with Gasteiger partial charge in [0.05, 0.1) is 0 Å². The topological polar surface area (TPSA) is 9.23 Å². The van der Waals surface area contributed by atoms with Crippen molar-refractivity contribution in [3.05, 3.63) is 35.9 Å². The van der Waals surface area contributed by atoms with Crippen LogP contribution in [0.15, 0.2) is 30.3 Å². The van der Waals surface area contributed by atoms with Gasteiger partial charge in [0.25, 0.3) is 0 Å². The van der Waals surface area contributed by atoms with Crippen LogP contribution in [-0.2, 0) is 4.74 Å². The molecule has 0 aliphatic heterocycles. The highest BCUT2D eigenvalue weighted by Crippen LogP contribution is 2.18. The Hall–Kier alpha value is -0.820. The van der Waals surface area contributed by atoms with Crippen LogP contribution in [0.25, 0.3) is 0 Å². The third-order valence-corrected chi connectivity index (χ3v) is 2.71. The summed E-state index contributed by atoms with van der Waals surface area (Å²) in [6.45, 7) is 6.25. The largest absolute Gasteiger partial charge is 0.381 e. The number of benzene rings is 1. The highest BCUT2D eigenvalue weighted by molar-refractivity contribution is 5.18. The maximum absolute atomic E-state index is 5.57. The van der Waals surface area contributed by atoms with Gasteiger partial charge in [-0.1, -0.05) is 50.6 Å². The fraction of sp³-hybridized carbons (Fsp3) is 0.571. The predicted molar refractivity (Wildman–Crippen MR) is 65.2 cm³/mol. The fourth-order valence-electron chi connectivity index (χ4n) is 1.56. The molecule has 15 heavy (non-hydrogen) atoms. The first-order valence-corrected chi connectivity index (χ1v) is 5.97. The van der Waals surface area contributed by atoms with Crippen LogP contribution in [0.5, 0.6) is 0 Å². The van der Waals surface area contributed by atoms with Gasteiger partial charge < -0.3 is 4.74 Å². The Morgan fingerprint density at radius 1 is 1.13 bits per heavy atom. The van der Waals surface area contributed by atoms with Gasteiger partial charge in [-0.25, -0.2) is 0 Å². The Morgan fingerprint density at radius 3 is 2.53 bits per heavy atom. The standard InChI is InChI=1S/C14H22O/c1-3-4-11-15-12-10-13(2)14-8-6-5-7-9-14/h5-9,13H,3-4,10-12H2,1-2H3. The zero-order valence-corrected chi connectivity index (χ0v) is 9.91. The Balaban J connectivity index is 2.16. The van der Waals surface area contributed by atoms with Crippen molar-refractivity contribution in [2.45, 2.75) is 39.0 Å². The summed E-state index contributed by atoms with van der Waals surface area (Å²) in [5, 5.41) is 0. The second kappa shape index (κ2) is 7.47. The van der Waals surface area contributed by atoms with Crippen molar-refractivity contribution in [3.63, 3.8) is 0 Å². The lowest BCUT2D eigenvalue weighted by molar-refractivity contribution is 0.125. The number of rotatable bonds is 7. The third kappa shape index (κ3) is 4.98.